The van der Waals surface area contributed by atoms with Gasteiger partial charge in [0.2, 0.25) is 5.91 Å². The number of ether oxygens (including phenoxy) is 1. The third kappa shape index (κ3) is 3.22. The summed E-state index contributed by atoms with van der Waals surface area (Å²) >= 11 is 0. The Balaban J connectivity index is 1.91. The average Bonchev–Trinajstić information content (AvgIpc) is 2.40. The lowest BCUT2D eigenvalue weighted by molar-refractivity contribution is -0.153. The zero-order valence-corrected chi connectivity index (χ0v) is 10.6. The molecule has 2 saturated heterocycles. The molecule has 5 nitrogen and oxygen atoms in total. The van der Waals surface area contributed by atoms with E-state index in [4.69, 9.17) is 9.84 Å². The molecule has 1 amide bonds. The van der Waals surface area contributed by atoms with E-state index in [1.807, 2.05) is 0 Å². The number of carboxylic acid groups (broad SMARTS) is 1. The molecular weight excluding hydrogens is 234 g/mol. The lowest BCUT2D eigenvalue weighted by Gasteiger charge is -2.34. The molecule has 18 heavy (non-hydrogen) atoms. The summed E-state index contributed by atoms with van der Waals surface area (Å²) in [4.78, 5) is 24.8. The fraction of sp³-hybridized carbons (Fsp3) is 0.846. The van der Waals surface area contributed by atoms with Gasteiger partial charge in [-0.1, -0.05) is 0 Å². The van der Waals surface area contributed by atoms with Crippen LogP contribution in [0.1, 0.15) is 44.9 Å². The molecule has 0 spiro atoms. The second-order valence-corrected chi connectivity index (χ2v) is 5.13. The van der Waals surface area contributed by atoms with Crippen LogP contribution < -0.4 is 0 Å². The van der Waals surface area contributed by atoms with Gasteiger partial charge in [-0.05, 0) is 38.5 Å². The molecule has 1 N–H and O–H groups in total. The van der Waals surface area contributed by atoms with E-state index in [9.17, 15) is 9.59 Å². The molecule has 2 heterocycles. The maximum atomic E-state index is 12.2. The quantitative estimate of drug-likeness (QED) is 0.828. The van der Waals surface area contributed by atoms with Crippen molar-refractivity contribution in [2.45, 2.75) is 57.1 Å². The molecule has 0 saturated carbocycles. The highest BCUT2D eigenvalue weighted by Crippen LogP contribution is 2.21. The van der Waals surface area contributed by atoms with E-state index in [1.165, 1.54) is 4.90 Å². The first-order chi connectivity index (χ1) is 8.68. The zero-order chi connectivity index (χ0) is 13.0. The first-order valence-corrected chi connectivity index (χ1v) is 6.82. The summed E-state index contributed by atoms with van der Waals surface area (Å²) < 4.78 is 5.54. The van der Waals surface area contributed by atoms with Crippen LogP contribution in [0.15, 0.2) is 0 Å². The van der Waals surface area contributed by atoms with Crippen molar-refractivity contribution in [3.63, 3.8) is 0 Å². The number of nitrogens with zero attached hydrogens (tertiary/aromatic N) is 1. The number of piperidine rings is 1. The van der Waals surface area contributed by atoms with Crippen LogP contribution in [0.3, 0.4) is 0 Å². The van der Waals surface area contributed by atoms with Crippen LogP contribution in [0.25, 0.3) is 0 Å². The minimum Gasteiger partial charge on any atom is -0.480 e. The molecule has 0 radical (unpaired) electrons. The monoisotopic (exact) mass is 255 g/mol. The van der Waals surface area contributed by atoms with Crippen LogP contribution >= 0.6 is 0 Å². The minimum atomic E-state index is -0.882. The number of carbonyl (C=O) groups excluding carboxylic acids is 1. The summed E-state index contributed by atoms with van der Waals surface area (Å²) in [7, 11) is 0. The summed E-state index contributed by atoms with van der Waals surface area (Å²) in [6.45, 7) is 1.29. The molecule has 0 aromatic heterocycles. The normalized spacial score (nSPS) is 29.0. The number of amides is 1. The van der Waals surface area contributed by atoms with Crippen LogP contribution in [0.2, 0.25) is 0 Å². The number of hydrogen-bond acceptors (Lipinski definition) is 3. The topological polar surface area (TPSA) is 66.8 Å². The number of hydrogen-bond donors (Lipinski definition) is 1. The molecule has 5 heteroatoms. The Morgan fingerprint density at radius 2 is 1.94 bits per heavy atom. The number of rotatable bonds is 3. The van der Waals surface area contributed by atoms with Crippen molar-refractivity contribution >= 4 is 11.9 Å². The summed E-state index contributed by atoms with van der Waals surface area (Å²) in [6.07, 6.45) is 5.77. The Hall–Kier alpha value is -1.10. The van der Waals surface area contributed by atoms with E-state index in [0.717, 1.165) is 38.7 Å². The predicted molar refractivity (Wildman–Crippen MR) is 65.2 cm³/mol. The van der Waals surface area contributed by atoms with Crippen LogP contribution in [0, 0.1) is 0 Å². The lowest BCUT2D eigenvalue weighted by Crippen LogP contribution is -2.49. The van der Waals surface area contributed by atoms with Crippen molar-refractivity contribution < 1.29 is 19.4 Å². The highest BCUT2D eigenvalue weighted by Gasteiger charge is 2.33. The second-order valence-electron chi connectivity index (χ2n) is 5.13. The summed E-state index contributed by atoms with van der Waals surface area (Å²) in [5.74, 6) is -0.943. The zero-order valence-electron chi connectivity index (χ0n) is 10.6. The van der Waals surface area contributed by atoms with Gasteiger partial charge in [0.05, 0.1) is 12.5 Å². The van der Waals surface area contributed by atoms with Crippen LogP contribution in [0.5, 0.6) is 0 Å². The first kappa shape index (κ1) is 13.3. The van der Waals surface area contributed by atoms with Crippen molar-refractivity contribution in [3.05, 3.63) is 0 Å². The summed E-state index contributed by atoms with van der Waals surface area (Å²) in [6, 6.07) is -0.630. The Kier molecular flexibility index (Phi) is 4.58. The van der Waals surface area contributed by atoms with Gasteiger partial charge in [-0.25, -0.2) is 4.79 Å². The van der Waals surface area contributed by atoms with Crippen molar-refractivity contribution in [2.24, 2.45) is 0 Å². The van der Waals surface area contributed by atoms with Crippen LogP contribution in [-0.4, -0.2) is 47.2 Å². The van der Waals surface area contributed by atoms with Crippen LogP contribution in [-0.2, 0) is 14.3 Å². The molecule has 2 aliphatic rings. The second kappa shape index (κ2) is 6.18. The Labute approximate surface area is 107 Å². The largest absolute Gasteiger partial charge is 0.480 e. The van der Waals surface area contributed by atoms with Crippen molar-refractivity contribution in [2.75, 3.05) is 13.2 Å². The smallest absolute Gasteiger partial charge is 0.326 e. The number of carbonyl (C=O) groups is 2. The maximum Gasteiger partial charge on any atom is 0.326 e. The number of aliphatic carboxylic acids is 1. The highest BCUT2D eigenvalue weighted by atomic mass is 16.5. The Morgan fingerprint density at radius 1 is 1.17 bits per heavy atom. The van der Waals surface area contributed by atoms with E-state index < -0.39 is 12.0 Å². The lowest BCUT2D eigenvalue weighted by atomic mass is 10.00. The SMILES string of the molecule is O=C(O)C1CCCCN1C(=O)CC1CCCCO1. The van der Waals surface area contributed by atoms with E-state index in [2.05, 4.69) is 0 Å². The van der Waals surface area contributed by atoms with Gasteiger partial charge in [0.25, 0.3) is 0 Å². The third-order valence-corrected chi connectivity index (χ3v) is 3.78. The van der Waals surface area contributed by atoms with Gasteiger partial charge in [-0.2, -0.15) is 0 Å². The fourth-order valence-corrected chi connectivity index (χ4v) is 2.77. The van der Waals surface area contributed by atoms with Gasteiger partial charge in [0, 0.05) is 13.2 Å². The van der Waals surface area contributed by atoms with Gasteiger partial charge >= 0.3 is 5.97 Å². The van der Waals surface area contributed by atoms with E-state index in [-0.39, 0.29) is 12.0 Å². The molecule has 102 valence electrons. The molecule has 2 fully saturated rings. The molecule has 0 aromatic carbocycles. The van der Waals surface area contributed by atoms with Crippen molar-refractivity contribution in [1.29, 1.82) is 0 Å². The molecule has 0 aliphatic carbocycles. The standard InChI is InChI=1S/C13H21NO4/c15-12(9-10-5-2-4-8-18-10)14-7-3-1-6-11(14)13(16)17/h10-11H,1-9H2,(H,16,17). The molecule has 0 aromatic rings. The predicted octanol–water partition coefficient (Wildman–Crippen LogP) is 1.41. The average molecular weight is 255 g/mol. The van der Waals surface area contributed by atoms with Crippen molar-refractivity contribution in [3.8, 4) is 0 Å². The van der Waals surface area contributed by atoms with Gasteiger partial charge in [0.1, 0.15) is 6.04 Å². The van der Waals surface area contributed by atoms with Crippen LogP contribution in [0.4, 0.5) is 0 Å². The maximum absolute atomic E-state index is 12.2. The summed E-state index contributed by atoms with van der Waals surface area (Å²) in [5, 5.41) is 9.14. The molecule has 2 rings (SSSR count). The fourth-order valence-electron chi connectivity index (χ4n) is 2.77. The highest BCUT2D eigenvalue weighted by molar-refractivity contribution is 5.84. The first-order valence-electron chi connectivity index (χ1n) is 6.82. The third-order valence-electron chi connectivity index (χ3n) is 3.78. The summed E-state index contributed by atoms with van der Waals surface area (Å²) in [5.41, 5.74) is 0. The molecule has 2 aliphatic heterocycles. The van der Waals surface area contributed by atoms with E-state index >= 15 is 0 Å². The molecular formula is C13H21NO4. The van der Waals surface area contributed by atoms with Gasteiger partial charge in [-0.3, -0.25) is 4.79 Å². The van der Waals surface area contributed by atoms with E-state index in [1.54, 1.807) is 0 Å². The molecule has 2 atom stereocenters. The van der Waals surface area contributed by atoms with Gasteiger partial charge in [0.15, 0.2) is 0 Å². The minimum absolute atomic E-state index is 0.0115. The Bertz CT molecular complexity index is 312. The van der Waals surface area contributed by atoms with Gasteiger partial charge in [-0.15, -0.1) is 0 Å². The Morgan fingerprint density at radius 3 is 2.61 bits per heavy atom. The van der Waals surface area contributed by atoms with E-state index in [0.29, 0.717) is 19.4 Å². The van der Waals surface area contributed by atoms with Gasteiger partial charge < -0.3 is 14.7 Å². The number of likely N-dealkylation sites (tertiary alicyclic amines) is 1. The van der Waals surface area contributed by atoms with Crippen molar-refractivity contribution in [1.82, 2.24) is 4.90 Å². The molecule has 2 unspecified atom stereocenters. The molecule has 0 bridgehead atoms. The number of carboxylic acids is 1.